The zero-order valence-electron chi connectivity index (χ0n) is 7.74. The molecule has 2 rings (SSSR count). The Morgan fingerprint density at radius 2 is 2.15 bits per heavy atom. The predicted octanol–water partition coefficient (Wildman–Crippen LogP) is 1.00. The maximum atomic E-state index is 5.97. The second-order valence-electron chi connectivity index (χ2n) is 3.74. The van der Waals surface area contributed by atoms with E-state index >= 15 is 0 Å². The van der Waals surface area contributed by atoms with Gasteiger partial charge in [-0.1, -0.05) is 24.3 Å². The summed E-state index contributed by atoms with van der Waals surface area (Å²) in [5.74, 6) is 0.487. The molecule has 0 radical (unpaired) electrons. The summed E-state index contributed by atoms with van der Waals surface area (Å²) < 4.78 is 0. The summed E-state index contributed by atoms with van der Waals surface area (Å²) >= 11 is 0. The molecule has 1 aromatic carbocycles. The summed E-state index contributed by atoms with van der Waals surface area (Å²) in [6.07, 6.45) is 2.33. The molecule has 2 heteroatoms. The van der Waals surface area contributed by atoms with Crippen LogP contribution in [0.1, 0.15) is 23.5 Å². The minimum Gasteiger partial charge on any atom is -0.329 e. The Labute approximate surface area is 78.9 Å². The standard InChI is InChI=1S/C11H16N2/c12-7-11(13)10-6-5-8-3-1-2-4-9(8)10/h1-4,10-11H,5-7,12-13H2. The van der Waals surface area contributed by atoms with E-state index in [-0.39, 0.29) is 6.04 Å². The molecule has 0 aromatic heterocycles. The lowest BCUT2D eigenvalue weighted by atomic mass is 9.94. The molecule has 2 nitrogen and oxygen atoms in total. The molecule has 0 heterocycles. The summed E-state index contributed by atoms with van der Waals surface area (Å²) in [6.45, 7) is 0.582. The molecule has 4 N–H and O–H groups in total. The highest BCUT2D eigenvalue weighted by Crippen LogP contribution is 2.34. The lowest BCUT2D eigenvalue weighted by molar-refractivity contribution is 0.535. The van der Waals surface area contributed by atoms with Crippen molar-refractivity contribution in [3.8, 4) is 0 Å². The van der Waals surface area contributed by atoms with Crippen molar-refractivity contribution in [2.45, 2.75) is 24.8 Å². The van der Waals surface area contributed by atoms with Crippen LogP contribution in [-0.2, 0) is 6.42 Å². The van der Waals surface area contributed by atoms with Crippen molar-refractivity contribution in [1.82, 2.24) is 0 Å². The molecule has 0 aliphatic heterocycles. The number of rotatable bonds is 2. The van der Waals surface area contributed by atoms with Crippen LogP contribution in [-0.4, -0.2) is 12.6 Å². The lowest BCUT2D eigenvalue weighted by Crippen LogP contribution is -2.35. The first-order valence-electron chi connectivity index (χ1n) is 4.86. The van der Waals surface area contributed by atoms with Gasteiger partial charge in [0.2, 0.25) is 0 Å². The van der Waals surface area contributed by atoms with Crippen molar-refractivity contribution < 1.29 is 0 Å². The van der Waals surface area contributed by atoms with Crippen LogP contribution in [0.15, 0.2) is 24.3 Å². The van der Waals surface area contributed by atoms with Gasteiger partial charge in [-0.3, -0.25) is 0 Å². The molecule has 1 aliphatic rings. The largest absolute Gasteiger partial charge is 0.329 e. The smallest absolute Gasteiger partial charge is 0.0232 e. The van der Waals surface area contributed by atoms with Crippen molar-refractivity contribution in [3.05, 3.63) is 35.4 Å². The van der Waals surface area contributed by atoms with Gasteiger partial charge >= 0.3 is 0 Å². The van der Waals surface area contributed by atoms with Crippen LogP contribution >= 0.6 is 0 Å². The Bertz CT molecular complexity index is 296. The number of hydrogen-bond acceptors (Lipinski definition) is 2. The van der Waals surface area contributed by atoms with Crippen LogP contribution in [0, 0.1) is 0 Å². The van der Waals surface area contributed by atoms with Crippen LogP contribution in [0.4, 0.5) is 0 Å². The highest BCUT2D eigenvalue weighted by Gasteiger charge is 2.25. The number of fused-ring (bicyclic) bond motifs is 1. The van der Waals surface area contributed by atoms with Crippen molar-refractivity contribution in [1.29, 1.82) is 0 Å². The fourth-order valence-electron chi connectivity index (χ4n) is 2.20. The Balaban J connectivity index is 2.28. The van der Waals surface area contributed by atoms with Gasteiger partial charge in [-0.15, -0.1) is 0 Å². The van der Waals surface area contributed by atoms with Crippen LogP contribution in [0.25, 0.3) is 0 Å². The average molecular weight is 176 g/mol. The van der Waals surface area contributed by atoms with Crippen molar-refractivity contribution >= 4 is 0 Å². The van der Waals surface area contributed by atoms with Crippen LogP contribution < -0.4 is 11.5 Å². The van der Waals surface area contributed by atoms with E-state index in [2.05, 4.69) is 24.3 Å². The number of aryl methyl sites for hydroxylation is 1. The zero-order valence-corrected chi connectivity index (χ0v) is 7.74. The topological polar surface area (TPSA) is 52.0 Å². The van der Waals surface area contributed by atoms with E-state index in [1.165, 1.54) is 11.1 Å². The average Bonchev–Trinajstić information content (AvgIpc) is 2.60. The first-order chi connectivity index (χ1) is 6.33. The molecule has 0 amide bonds. The molecule has 1 aliphatic carbocycles. The fraction of sp³-hybridized carbons (Fsp3) is 0.455. The van der Waals surface area contributed by atoms with Gasteiger partial charge < -0.3 is 11.5 Å². The first kappa shape index (κ1) is 8.73. The predicted molar refractivity (Wildman–Crippen MR) is 54.5 cm³/mol. The minimum atomic E-state index is 0.128. The number of benzene rings is 1. The molecule has 2 atom stereocenters. The molecule has 0 saturated carbocycles. The van der Waals surface area contributed by atoms with Gasteiger partial charge in [0.05, 0.1) is 0 Å². The van der Waals surface area contributed by atoms with Gasteiger partial charge in [-0.2, -0.15) is 0 Å². The van der Waals surface area contributed by atoms with E-state index in [1.807, 2.05) is 0 Å². The van der Waals surface area contributed by atoms with E-state index in [1.54, 1.807) is 0 Å². The molecule has 0 bridgehead atoms. The molecule has 1 aromatic rings. The maximum absolute atomic E-state index is 5.97. The summed E-state index contributed by atoms with van der Waals surface area (Å²) in [7, 11) is 0. The molecule has 70 valence electrons. The van der Waals surface area contributed by atoms with Gasteiger partial charge in [0.1, 0.15) is 0 Å². The second-order valence-corrected chi connectivity index (χ2v) is 3.74. The number of nitrogens with two attached hydrogens (primary N) is 2. The molecule has 13 heavy (non-hydrogen) atoms. The zero-order chi connectivity index (χ0) is 9.26. The highest BCUT2D eigenvalue weighted by atomic mass is 14.7. The summed E-state index contributed by atoms with van der Waals surface area (Å²) in [6, 6.07) is 8.68. The van der Waals surface area contributed by atoms with Crippen LogP contribution in [0.5, 0.6) is 0 Å². The Kier molecular flexibility index (Phi) is 2.34. The monoisotopic (exact) mass is 176 g/mol. The summed E-state index contributed by atoms with van der Waals surface area (Å²) in [5.41, 5.74) is 14.4. The molecule has 0 saturated heterocycles. The van der Waals surface area contributed by atoms with Crippen molar-refractivity contribution in [3.63, 3.8) is 0 Å². The van der Waals surface area contributed by atoms with E-state index in [9.17, 15) is 0 Å². The Hall–Kier alpha value is -0.860. The van der Waals surface area contributed by atoms with Crippen molar-refractivity contribution in [2.24, 2.45) is 11.5 Å². The summed E-state index contributed by atoms with van der Waals surface area (Å²) in [4.78, 5) is 0. The molecule has 2 unspecified atom stereocenters. The van der Waals surface area contributed by atoms with E-state index in [0.29, 0.717) is 12.5 Å². The normalized spacial score (nSPS) is 22.8. The fourth-order valence-corrected chi connectivity index (χ4v) is 2.20. The Morgan fingerprint density at radius 3 is 2.92 bits per heavy atom. The van der Waals surface area contributed by atoms with Crippen molar-refractivity contribution in [2.75, 3.05) is 6.54 Å². The minimum absolute atomic E-state index is 0.128. The van der Waals surface area contributed by atoms with E-state index in [0.717, 1.165) is 12.8 Å². The van der Waals surface area contributed by atoms with Gasteiger partial charge in [0.15, 0.2) is 0 Å². The molecule has 0 fully saturated rings. The van der Waals surface area contributed by atoms with Crippen LogP contribution in [0.3, 0.4) is 0 Å². The number of hydrogen-bond donors (Lipinski definition) is 2. The SMILES string of the molecule is NCC(N)C1CCc2ccccc21. The Morgan fingerprint density at radius 1 is 1.38 bits per heavy atom. The van der Waals surface area contributed by atoms with Gasteiger partial charge in [0, 0.05) is 18.5 Å². The second kappa shape index (κ2) is 3.48. The third kappa shape index (κ3) is 1.47. The molecule has 0 spiro atoms. The van der Waals surface area contributed by atoms with E-state index < -0.39 is 0 Å². The molecular formula is C11H16N2. The van der Waals surface area contributed by atoms with E-state index in [4.69, 9.17) is 11.5 Å². The van der Waals surface area contributed by atoms with Gasteiger partial charge in [-0.25, -0.2) is 0 Å². The first-order valence-corrected chi connectivity index (χ1v) is 4.86. The maximum Gasteiger partial charge on any atom is 0.0232 e. The van der Waals surface area contributed by atoms with Gasteiger partial charge in [0.25, 0.3) is 0 Å². The van der Waals surface area contributed by atoms with Crippen LogP contribution in [0.2, 0.25) is 0 Å². The lowest BCUT2D eigenvalue weighted by Gasteiger charge is -2.18. The molecular weight excluding hydrogens is 160 g/mol. The third-order valence-electron chi connectivity index (χ3n) is 2.97. The third-order valence-corrected chi connectivity index (χ3v) is 2.97. The highest BCUT2D eigenvalue weighted by molar-refractivity contribution is 5.35. The van der Waals surface area contributed by atoms with Gasteiger partial charge in [-0.05, 0) is 24.0 Å². The quantitative estimate of drug-likeness (QED) is 0.706. The summed E-state index contributed by atoms with van der Waals surface area (Å²) in [5, 5.41) is 0.